The molecule has 1 fully saturated rings. The molecule has 0 spiro atoms. The van der Waals surface area contributed by atoms with Gasteiger partial charge in [0.1, 0.15) is 5.82 Å². The highest BCUT2D eigenvalue weighted by atomic mass is 32.2. The van der Waals surface area contributed by atoms with E-state index in [1.54, 1.807) is 11.8 Å². The Labute approximate surface area is 106 Å². The van der Waals surface area contributed by atoms with Crippen LogP contribution in [-0.4, -0.2) is 30.0 Å². The monoisotopic (exact) mass is 276 g/mol. The lowest BCUT2D eigenvalue weighted by Crippen LogP contribution is -2.46. The van der Waals surface area contributed by atoms with Gasteiger partial charge in [0.05, 0.1) is 11.7 Å². The predicted molar refractivity (Wildman–Crippen MR) is 64.1 cm³/mol. The van der Waals surface area contributed by atoms with Gasteiger partial charge in [-0.25, -0.2) is 13.2 Å². The van der Waals surface area contributed by atoms with Crippen LogP contribution in [0.25, 0.3) is 0 Å². The normalized spacial score (nSPS) is 19.6. The molecular weight excluding hydrogens is 265 g/mol. The quantitative estimate of drug-likeness (QED) is 0.809. The van der Waals surface area contributed by atoms with Crippen molar-refractivity contribution in [1.82, 2.24) is 5.32 Å². The number of amides is 1. The lowest BCUT2D eigenvalue weighted by molar-refractivity contribution is -0.117. The molecule has 1 atom stereocenters. The van der Waals surface area contributed by atoms with Crippen LogP contribution in [0.2, 0.25) is 0 Å². The van der Waals surface area contributed by atoms with Crippen LogP contribution in [0.4, 0.5) is 18.9 Å². The Kier molecular flexibility index (Phi) is 4.13. The molecule has 1 aromatic carbocycles. The summed E-state index contributed by atoms with van der Waals surface area (Å²) in [6.07, 6.45) is 0. The van der Waals surface area contributed by atoms with Gasteiger partial charge in [0.25, 0.3) is 0 Å². The largest absolute Gasteiger partial charge is 0.322 e. The highest BCUT2D eigenvalue weighted by Gasteiger charge is 2.22. The molecule has 7 heteroatoms. The van der Waals surface area contributed by atoms with Crippen LogP contribution in [-0.2, 0) is 4.79 Å². The molecule has 1 saturated heterocycles. The molecule has 1 heterocycles. The number of benzene rings is 1. The maximum atomic E-state index is 13.3. The summed E-state index contributed by atoms with van der Waals surface area (Å²) in [5, 5.41) is 5.14. The topological polar surface area (TPSA) is 41.1 Å². The minimum atomic E-state index is -1.32. The van der Waals surface area contributed by atoms with Crippen LogP contribution in [0, 0.1) is 17.5 Å². The molecule has 3 nitrogen and oxygen atoms in total. The van der Waals surface area contributed by atoms with E-state index in [9.17, 15) is 18.0 Å². The molecule has 0 saturated carbocycles. The average Bonchev–Trinajstić information content (AvgIpc) is 2.36. The van der Waals surface area contributed by atoms with Crippen LogP contribution in [0.15, 0.2) is 12.1 Å². The highest BCUT2D eigenvalue weighted by Crippen LogP contribution is 2.20. The minimum absolute atomic E-state index is 0.430. The Balaban J connectivity index is 2.11. The van der Waals surface area contributed by atoms with Gasteiger partial charge >= 0.3 is 0 Å². The van der Waals surface area contributed by atoms with Crippen molar-refractivity contribution in [3.8, 4) is 0 Å². The van der Waals surface area contributed by atoms with E-state index in [4.69, 9.17) is 0 Å². The van der Waals surface area contributed by atoms with Crippen molar-refractivity contribution in [1.29, 1.82) is 0 Å². The third-order valence-corrected chi connectivity index (χ3v) is 3.55. The third-order valence-electron chi connectivity index (χ3n) is 2.49. The Morgan fingerprint density at radius 3 is 2.83 bits per heavy atom. The van der Waals surface area contributed by atoms with Crippen molar-refractivity contribution in [2.24, 2.45) is 0 Å². The van der Waals surface area contributed by atoms with Crippen LogP contribution >= 0.6 is 11.8 Å². The van der Waals surface area contributed by atoms with Crippen LogP contribution in [0.5, 0.6) is 0 Å². The van der Waals surface area contributed by atoms with E-state index in [-0.39, 0.29) is 0 Å². The Bertz CT molecular complexity index is 464. The molecule has 1 aliphatic rings. The van der Waals surface area contributed by atoms with Gasteiger partial charge < -0.3 is 10.6 Å². The van der Waals surface area contributed by atoms with E-state index in [1.165, 1.54) is 0 Å². The van der Waals surface area contributed by atoms with Crippen molar-refractivity contribution in [2.45, 2.75) is 6.04 Å². The van der Waals surface area contributed by atoms with Crippen molar-refractivity contribution >= 4 is 23.4 Å². The van der Waals surface area contributed by atoms with E-state index < -0.39 is 35.1 Å². The van der Waals surface area contributed by atoms with Gasteiger partial charge in [0, 0.05) is 30.2 Å². The molecule has 2 N–H and O–H groups in total. The first-order chi connectivity index (χ1) is 8.58. The number of thioether (sulfide) groups is 1. The molecule has 0 bridgehead atoms. The molecule has 18 heavy (non-hydrogen) atoms. The summed E-state index contributed by atoms with van der Waals surface area (Å²) in [7, 11) is 0. The fourth-order valence-corrected chi connectivity index (χ4v) is 2.53. The number of rotatable bonds is 2. The fraction of sp³-hybridized carbons (Fsp3) is 0.364. The highest BCUT2D eigenvalue weighted by molar-refractivity contribution is 7.99. The molecule has 0 aliphatic carbocycles. The second kappa shape index (κ2) is 5.62. The molecule has 1 amide bonds. The van der Waals surface area contributed by atoms with E-state index in [0.29, 0.717) is 18.4 Å². The number of nitrogens with one attached hydrogen (secondary N) is 2. The zero-order valence-corrected chi connectivity index (χ0v) is 10.1. The molecule has 0 radical (unpaired) electrons. The SMILES string of the molecule is O=C(Nc1cc(F)cc(F)c1F)C1CSCCN1. The smallest absolute Gasteiger partial charge is 0.242 e. The standard InChI is InChI=1S/C11H11F3N2OS/c12-6-3-7(13)10(14)8(4-6)16-11(17)9-5-18-2-1-15-9/h3-4,9,15H,1-2,5H2,(H,16,17). The zero-order chi connectivity index (χ0) is 13.1. The van der Waals surface area contributed by atoms with Crippen LogP contribution in [0.3, 0.4) is 0 Å². The lowest BCUT2D eigenvalue weighted by atomic mass is 10.2. The average molecular weight is 276 g/mol. The van der Waals surface area contributed by atoms with Crippen molar-refractivity contribution in [2.75, 3.05) is 23.4 Å². The minimum Gasteiger partial charge on any atom is -0.322 e. The van der Waals surface area contributed by atoms with E-state index in [2.05, 4.69) is 10.6 Å². The molecular formula is C11H11F3N2OS. The molecule has 2 rings (SSSR count). The van der Waals surface area contributed by atoms with Gasteiger partial charge in [-0.1, -0.05) is 0 Å². The maximum absolute atomic E-state index is 13.3. The fourth-order valence-electron chi connectivity index (χ4n) is 1.60. The van der Waals surface area contributed by atoms with Crippen molar-refractivity contribution in [3.05, 3.63) is 29.6 Å². The van der Waals surface area contributed by atoms with Gasteiger partial charge in [-0.2, -0.15) is 11.8 Å². The number of hydrogen-bond acceptors (Lipinski definition) is 3. The Morgan fingerprint density at radius 2 is 2.17 bits per heavy atom. The Hall–Kier alpha value is -1.21. The van der Waals surface area contributed by atoms with Crippen molar-refractivity contribution in [3.63, 3.8) is 0 Å². The number of halogens is 3. The summed E-state index contributed by atoms with van der Waals surface area (Å²) in [4.78, 5) is 11.7. The van der Waals surface area contributed by atoms with Crippen molar-refractivity contribution < 1.29 is 18.0 Å². The van der Waals surface area contributed by atoms with Gasteiger partial charge in [-0.15, -0.1) is 0 Å². The number of carbonyl (C=O) groups excluding carboxylic acids is 1. The molecule has 0 aromatic heterocycles. The van der Waals surface area contributed by atoms with E-state index in [1.807, 2.05) is 0 Å². The lowest BCUT2D eigenvalue weighted by Gasteiger charge is -2.22. The van der Waals surface area contributed by atoms with E-state index >= 15 is 0 Å². The van der Waals surface area contributed by atoms with E-state index in [0.717, 1.165) is 11.8 Å². The Morgan fingerprint density at radius 1 is 1.39 bits per heavy atom. The van der Waals surface area contributed by atoms with Gasteiger partial charge in [0.2, 0.25) is 5.91 Å². The van der Waals surface area contributed by atoms with Crippen LogP contribution < -0.4 is 10.6 Å². The van der Waals surface area contributed by atoms with Crippen LogP contribution in [0.1, 0.15) is 0 Å². The first-order valence-electron chi connectivity index (χ1n) is 5.34. The molecule has 98 valence electrons. The molecule has 1 aliphatic heterocycles. The summed E-state index contributed by atoms with van der Waals surface area (Å²) in [6, 6.07) is 0.709. The molecule has 1 unspecified atom stereocenters. The second-order valence-corrected chi connectivity index (χ2v) is 4.97. The van der Waals surface area contributed by atoms with Gasteiger partial charge in [-0.3, -0.25) is 4.79 Å². The first-order valence-corrected chi connectivity index (χ1v) is 6.50. The van der Waals surface area contributed by atoms with Gasteiger partial charge in [-0.05, 0) is 0 Å². The summed E-state index contributed by atoms with van der Waals surface area (Å²) in [6.45, 7) is 0.669. The summed E-state index contributed by atoms with van der Waals surface area (Å²) < 4.78 is 39.2. The maximum Gasteiger partial charge on any atom is 0.242 e. The predicted octanol–water partition coefficient (Wildman–Crippen LogP) is 1.75. The number of hydrogen-bond donors (Lipinski definition) is 2. The summed E-state index contributed by atoms with van der Waals surface area (Å²) in [5.41, 5.74) is -0.477. The summed E-state index contributed by atoms with van der Waals surface area (Å²) >= 11 is 1.59. The second-order valence-electron chi connectivity index (χ2n) is 3.82. The summed E-state index contributed by atoms with van der Waals surface area (Å²) in [5.74, 6) is -2.57. The molecule has 1 aromatic rings. The van der Waals surface area contributed by atoms with Gasteiger partial charge in [0.15, 0.2) is 11.6 Å². The number of carbonyl (C=O) groups is 1. The first kappa shape index (κ1) is 13.2. The third kappa shape index (κ3) is 2.97. The zero-order valence-electron chi connectivity index (χ0n) is 9.30. The number of anilines is 1.